The third kappa shape index (κ3) is 3.53. The maximum absolute atomic E-state index is 13.7. The van der Waals surface area contributed by atoms with Crippen LogP contribution in [0.1, 0.15) is 24.8 Å². The Morgan fingerprint density at radius 2 is 2.14 bits per heavy atom. The van der Waals surface area contributed by atoms with Crippen LogP contribution in [0, 0.1) is 11.7 Å². The lowest BCUT2D eigenvalue weighted by molar-refractivity contribution is 0.388. The number of hydrogen-bond acceptors (Lipinski definition) is 4. The Balaban J connectivity index is 1.60. The summed E-state index contributed by atoms with van der Waals surface area (Å²) in [5, 5.41) is 0. The van der Waals surface area contributed by atoms with Crippen molar-refractivity contribution in [3.8, 4) is 0 Å². The van der Waals surface area contributed by atoms with Gasteiger partial charge in [0.1, 0.15) is 11.6 Å². The molecule has 1 aliphatic heterocycles. The van der Waals surface area contributed by atoms with E-state index < -0.39 is 0 Å². The molecular weight excluding hydrogens is 279 g/mol. The topological polar surface area (TPSA) is 55.0 Å². The van der Waals surface area contributed by atoms with Crippen LogP contribution < -0.4 is 10.6 Å². The smallest absolute Gasteiger partial charge is 0.221 e. The predicted molar refractivity (Wildman–Crippen MR) is 86.1 cm³/mol. The van der Waals surface area contributed by atoms with Crippen LogP contribution in [0.25, 0.3) is 0 Å². The molecule has 0 unspecified atom stereocenters. The van der Waals surface area contributed by atoms with Gasteiger partial charge in [0.15, 0.2) is 0 Å². The molecule has 0 aliphatic carbocycles. The molecule has 0 amide bonds. The van der Waals surface area contributed by atoms with Crippen molar-refractivity contribution in [2.45, 2.75) is 25.7 Å². The van der Waals surface area contributed by atoms with Crippen LogP contribution in [-0.2, 0) is 6.42 Å². The largest absolute Gasteiger partial charge is 0.368 e. The second kappa shape index (κ2) is 6.73. The van der Waals surface area contributed by atoms with Gasteiger partial charge in [0, 0.05) is 19.3 Å². The number of piperidine rings is 1. The Kier molecular flexibility index (Phi) is 4.51. The molecule has 0 saturated carbocycles. The average molecular weight is 300 g/mol. The summed E-state index contributed by atoms with van der Waals surface area (Å²) in [4.78, 5) is 10.5. The molecule has 2 N–H and O–H groups in total. The number of nitrogen functional groups attached to an aromatic ring is 1. The zero-order valence-corrected chi connectivity index (χ0v) is 12.6. The minimum Gasteiger partial charge on any atom is -0.368 e. The van der Waals surface area contributed by atoms with E-state index in [-0.39, 0.29) is 5.82 Å². The van der Waals surface area contributed by atoms with Crippen molar-refractivity contribution in [2.24, 2.45) is 5.92 Å². The van der Waals surface area contributed by atoms with E-state index in [9.17, 15) is 4.39 Å². The second-order valence-corrected chi connectivity index (χ2v) is 5.86. The molecule has 1 fully saturated rings. The fourth-order valence-corrected chi connectivity index (χ4v) is 3.11. The highest BCUT2D eigenvalue weighted by atomic mass is 19.1. The summed E-state index contributed by atoms with van der Waals surface area (Å²) in [7, 11) is 0. The third-order valence-electron chi connectivity index (χ3n) is 4.28. The van der Waals surface area contributed by atoms with Crippen LogP contribution in [0.15, 0.2) is 36.5 Å². The van der Waals surface area contributed by atoms with E-state index in [1.807, 2.05) is 18.2 Å². The number of nitrogens with zero attached hydrogens (tertiary/aromatic N) is 3. The zero-order chi connectivity index (χ0) is 15.4. The van der Waals surface area contributed by atoms with Crippen molar-refractivity contribution in [1.82, 2.24) is 9.97 Å². The number of aromatic nitrogens is 2. The highest BCUT2D eigenvalue weighted by molar-refractivity contribution is 5.41. The Morgan fingerprint density at radius 1 is 1.27 bits per heavy atom. The predicted octanol–water partition coefficient (Wildman–Crippen LogP) is 3.05. The summed E-state index contributed by atoms with van der Waals surface area (Å²) in [6.45, 7) is 1.94. The number of rotatable bonds is 4. The van der Waals surface area contributed by atoms with E-state index in [1.165, 1.54) is 12.5 Å². The molecule has 1 aliphatic rings. The molecule has 0 bridgehead atoms. The van der Waals surface area contributed by atoms with Gasteiger partial charge in [-0.05, 0) is 49.3 Å². The van der Waals surface area contributed by atoms with Crippen molar-refractivity contribution in [2.75, 3.05) is 23.7 Å². The number of aryl methyl sites for hydroxylation is 1. The monoisotopic (exact) mass is 300 g/mol. The van der Waals surface area contributed by atoms with Gasteiger partial charge < -0.3 is 10.6 Å². The number of halogens is 1. The molecule has 1 aromatic heterocycles. The van der Waals surface area contributed by atoms with Crippen LogP contribution in [0.4, 0.5) is 16.2 Å². The van der Waals surface area contributed by atoms with Gasteiger partial charge in [0.05, 0.1) is 0 Å². The van der Waals surface area contributed by atoms with Crippen molar-refractivity contribution in [1.29, 1.82) is 0 Å². The number of anilines is 2. The van der Waals surface area contributed by atoms with E-state index in [4.69, 9.17) is 5.73 Å². The molecule has 0 spiro atoms. The Hall–Kier alpha value is -2.17. The second-order valence-electron chi connectivity index (χ2n) is 5.86. The molecule has 4 nitrogen and oxygen atoms in total. The lowest BCUT2D eigenvalue weighted by atomic mass is 9.91. The first-order valence-electron chi connectivity index (χ1n) is 7.79. The van der Waals surface area contributed by atoms with E-state index in [0.29, 0.717) is 11.9 Å². The standard InChI is InChI=1S/C17H21FN4/c18-15-6-2-1-5-14(15)8-7-13-4-3-11-22(12-13)16-9-10-20-17(19)21-16/h1-2,5-6,9-10,13H,3-4,7-8,11-12H2,(H2,19,20,21)/t13-/m1/s1. The summed E-state index contributed by atoms with van der Waals surface area (Å²) >= 11 is 0. The Morgan fingerprint density at radius 3 is 2.95 bits per heavy atom. The van der Waals surface area contributed by atoms with E-state index >= 15 is 0 Å². The molecule has 116 valence electrons. The Bertz CT molecular complexity index is 632. The normalized spacial score (nSPS) is 18.4. The summed E-state index contributed by atoms with van der Waals surface area (Å²) in [6.07, 6.45) is 5.80. The number of hydrogen-bond donors (Lipinski definition) is 1. The van der Waals surface area contributed by atoms with Crippen LogP contribution in [0.5, 0.6) is 0 Å². The molecular formula is C17H21FN4. The van der Waals surface area contributed by atoms with Gasteiger partial charge in [-0.1, -0.05) is 18.2 Å². The fourth-order valence-electron chi connectivity index (χ4n) is 3.11. The maximum atomic E-state index is 13.7. The van der Waals surface area contributed by atoms with Crippen molar-refractivity contribution >= 4 is 11.8 Å². The van der Waals surface area contributed by atoms with Gasteiger partial charge in [0.2, 0.25) is 5.95 Å². The highest BCUT2D eigenvalue weighted by Crippen LogP contribution is 2.25. The minimum atomic E-state index is -0.0984. The quantitative estimate of drug-likeness (QED) is 0.943. The molecule has 2 aromatic rings. The highest BCUT2D eigenvalue weighted by Gasteiger charge is 2.21. The Labute approximate surface area is 130 Å². The molecule has 22 heavy (non-hydrogen) atoms. The van der Waals surface area contributed by atoms with Gasteiger partial charge >= 0.3 is 0 Å². The first-order valence-corrected chi connectivity index (χ1v) is 7.79. The van der Waals surface area contributed by atoms with Gasteiger partial charge in [-0.15, -0.1) is 0 Å². The lowest BCUT2D eigenvalue weighted by Crippen LogP contribution is -2.36. The molecule has 1 saturated heterocycles. The summed E-state index contributed by atoms with van der Waals surface area (Å²) in [5.74, 6) is 1.66. The number of benzene rings is 1. The fraction of sp³-hybridized carbons (Fsp3) is 0.412. The van der Waals surface area contributed by atoms with Crippen LogP contribution in [0.2, 0.25) is 0 Å². The van der Waals surface area contributed by atoms with E-state index in [2.05, 4.69) is 14.9 Å². The molecule has 2 heterocycles. The van der Waals surface area contributed by atoms with Gasteiger partial charge in [-0.25, -0.2) is 9.37 Å². The molecule has 1 atom stereocenters. The number of nitrogens with two attached hydrogens (primary N) is 1. The molecule has 0 radical (unpaired) electrons. The average Bonchev–Trinajstić information content (AvgIpc) is 2.54. The van der Waals surface area contributed by atoms with E-state index in [0.717, 1.165) is 43.7 Å². The first kappa shape index (κ1) is 14.8. The van der Waals surface area contributed by atoms with Crippen LogP contribution >= 0.6 is 0 Å². The maximum Gasteiger partial charge on any atom is 0.221 e. The summed E-state index contributed by atoms with van der Waals surface area (Å²) in [6, 6.07) is 8.94. The molecule has 3 rings (SSSR count). The minimum absolute atomic E-state index is 0.0984. The zero-order valence-electron chi connectivity index (χ0n) is 12.6. The molecule has 5 heteroatoms. The summed E-state index contributed by atoms with van der Waals surface area (Å²) < 4.78 is 13.7. The van der Waals surface area contributed by atoms with Crippen molar-refractivity contribution in [3.05, 3.63) is 47.9 Å². The third-order valence-corrected chi connectivity index (χ3v) is 4.28. The van der Waals surface area contributed by atoms with Gasteiger partial charge in [-0.3, -0.25) is 0 Å². The molecule has 1 aromatic carbocycles. The SMILES string of the molecule is Nc1nccc(N2CCC[C@H](CCc3ccccc3F)C2)n1. The lowest BCUT2D eigenvalue weighted by Gasteiger charge is -2.33. The van der Waals surface area contributed by atoms with Crippen molar-refractivity contribution < 1.29 is 4.39 Å². The van der Waals surface area contributed by atoms with Crippen LogP contribution in [0.3, 0.4) is 0 Å². The van der Waals surface area contributed by atoms with E-state index in [1.54, 1.807) is 12.3 Å². The first-order chi connectivity index (χ1) is 10.7. The van der Waals surface area contributed by atoms with Gasteiger partial charge in [0.25, 0.3) is 0 Å². The summed E-state index contributed by atoms with van der Waals surface area (Å²) in [5.41, 5.74) is 6.47. The van der Waals surface area contributed by atoms with Crippen LogP contribution in [-0.4, -0.2) is 23.1 Å². The van der Waals surface area contributed by atoms with Gasteiger partial charge in [-0.2, -0.15) is 4.98 Å². The van der Waals surface area contributed by atoms with Crippen molar-refractivity contribution in [3.63, 3.8) is 0 Å².